The Kier molecular flexibility index (Phi) is 4.55. The van der Waals surface area contributed by atoms with Crippen molar-refractivity contribution in [3.05, 3.63) is 34.6 Å². The van der Waals surface area contributed by atoms with E-state index in [1.165, 1.54) is 6.07 Å². The molecule has 0 amide bonds. The van der Waals surface area contributed by atoms with E-state index in [-0.39, 0.29) is 11.1 Å². The molecule has 0 fully saturated rings. The lowest BCUT2D eigenvalue weighted by Gasteiger charge is -2.13. The molecule has 0 spiro atoms. The lowest BCUT2D eigenvalue weighted by molar-refractivity contribution is 0.506. The van der Waals surface area contributed by atoms with E-state index in [9.17, 15) is 4.39 Å². The van der Waals surface area contributed by atoms with E-state index in [0.717, 1.165) is 18.4 Å². The van der Waals surface area contributed by atoms with Gasteiger partial charge in [0.1, 0.15) is 5.82 Å². The van der Waals surface area contributed by atoms with Crippen LogP contribution in [0.25, 0.3) is 0 Å². The van der Waals surface area contributed by atoms with Crippen LogP contribution in [-0.4, -0.2) is 0 Å². The molecule has 0 aromatic heterocycles. The molecule has 0 heterocycles. The fraction of sp³-hybridized carbons (Fsp3) is 0.500. The summed E-state index contributed by atoms with van der Waals surface area (Å²) in [5, 5.41) is 0.146. The van der Waals surface area contributed by atoms with Gasteiger partial charge in [0.15, 0.2) is 0 Å². The van der Waals surface area contributed by atoms with Crippen molar-refractivity contribution in [3.63, 3.8) is 0 Å². The van der Waals surface area contributed by atoms with Crippen molar-refractivity contribution in [1.29, 1.82) is 0 Å². The minimum absolute atomic E-state index is 0.0505. The van der Waals surface area contributed by atoms with Gasteiger partial charge < -0.3 is 5.73 Å². The first-order valence-corrected chi connectivity index (χ1v) is 5.59. The molecule has 2 N–H and O–H groups in total. The third-order valence-corrected chi connectivity index (χ3v) is 2.72. The van der Waals surface area contributed by atoms with E-state index in [4.69, 9.17) is 17.3 Å². The summed E-state index contributed by atoms with van der Waals surface area (Å²) < 4.78 is 12.9. The minimum Gasteiger partial charge on any atom is -0.324 e. The van der Waals surface area contributed by atoms with Gasteiger partial charge in [-0.1, -0.05) is 31.5 Å². The largest absolute Gasteiger partial charge is 0.324 e. The van der Waals surface area contributed by atoms with Crippen LogP contribution >= 0.6 is 11.6 Å². The first-order valence-electron chi connectivity index (χ1n) is 5.21. The van der Waals surface area contributed by atoms with Crippen LogP contribution in [0.3, 0.4) is 0 Å². The molecule has 0 aliphatic heterocycles. The van der Waals surface area contributed by atoms with E-state index in [1.54, 1.807) is 12.1 Å². The first-order chi connectivity index (χ1) is 7.00. The standard InChI is InChI=1S/C12H17ClFN/c1-8(2)3-6-12(15)9-4-5-11(14)10(13)7-9/h4-5,7-8,12H,3,6,15H2,1-2H3/t12-/m0/s1. The average molecular weight is 230 g/mol. The maximum absolute atomic E-state index is 12.9. The molecule has 3 heteroatoms. The summed E-state index contributed by atoms with van der Waals surface area (Å²) >= 11 is 5.69. The Labute approximate surface area is 95.4 Å². The minimum atomic E-state index is -0.392. The maximum Gasteiger partial charge on any atom is 0.141 e. The Morgan fingerprint density at radius 1 is 1.33 bits per heavy atom. The van der Waals surface area contributed by atoms with Gasteiger partial charge in [0.05, 0.1) is 5.02 Å². The summed E-state index contributed by atoms with van der Waals surface area (Å²) in [6.45, 7) is 4.31. The summed E-state index contributed by atoms with van der Waals surface area (Å²) in [5.74, 6) is 0.239. The second-order valence-electron chi connectivity index (χ2n) is 4.25. The molecule has 0 saturated heterocycles. The summed E-state index contributed by atoms with van der Waals surface area (Å²) in [5.41, 5.74) is 6.89. The topological polar surface area (TPSA) is 26.0 Å². The molecule has 0 saturated carbocycles. The summed E-state index contributed by atoms with van der Waals surface area (Å²) in [6, 6.07) is 4.63. The van der Waals surface area contributed by atoms with Gasteiger partial charge in [-0.3, -0.25) is 0 Å². The molecule has 0 aliphatic carbocycles. The SMILES string of the molecule is CC(C)CC[C@H](N)c1ccc(F)c(Cl)c1. The third-order valence-electron chi connectivity index (χ3n) is 2.43. The van der Waals surface area contributed by atoms with Crippen LogP contribution in [0.4, 0.5) is 4.39 Å². The summed E-state index contributed by atoms with van der Waals surface area (Å²) in [4.78, 5) is 0. The van der Waals surface area contributed by atoms with Gasteiger partial charge in [0, 0.05) is 6.04 Å². The maximum atomic E-state index is 12.9. The average Bonchev–Trinajstić information content (AvgIpc) is 2.18. The number of rotatable bonds is 4. The van der Waals surface area contributed by atoms with Crippen LogP contribution in [-0.2, 0) is 0 Å². The van der Waals surface area contributed by atoms with Crippen molar-refractivity contribution >= 4 is 11.6 Å². The first kappa shape index (κ1) is 12.5. The van der Waals surface area contributed by atoms with Crippen molar-refractivity contribution in [1.82, 2.24) is 0 Å². The predicted octanol–water partition coefficient (Wildman–Crippen LogP) is 3.92. The van der Waals surface area contributed by atoms with E-state index >= 15 is 0 Å². The van der Waals surface area contributed by atoms with E-state index in [2.05, 4.69) is 13.8 Å². The molecule has 0 unspecified atom stereocenters. The molecule has 1 atom stereocenters. The highest BCUT2D eigenvalue weighted by Gasteiger charge is 2.09. The van der Waals surface area contributed by atoms with Gasteiger partial charge in [0.25, 0.3) is 0 Å². The number of nitrogens with two attached hydrogens (primary N) is 1. The Balaban J connectivity index is 2.65. The predicted molar refractivity (Wildman–Crippen MR) is 62.4 cm³/mol. The van der Waals surface area contributed by atoms with Gasteiger partial charge >= 0.3 is 0 Å². The molecule has 0 radical (unpaired) electrons. The monoisotopic (exact) mass is 229 g/mol. The van der Waals surface area contributed by atoms with E-state index in [1.807, 2.05) is 0 Å². The van der Waals surface area contributed by atoms with Crippen LogP contribution < -0.4 is 5.73 Å². The highest BCUT2D eigenvalue weighted by atomic mass is 35.5. The fourth-order valence-corrected chi connectivity index (χ4v) is 1.61. The van der Waals surface area contributed by atoms with Crippen molar-refractivity contribution in [2.75, 3.05) is 0 Å². The highest BCUT2D eigenvalue weighted by molar-refractivity contribution is 6.30. The summed E-state index contributed by atoms with van der Waals surface area (Å²) in [6.07, 6.45) is 1.97. The zero-order valence-electron chi connectivity index (χ0n) is 9.13. The van der Waals surface area contributed by atoms with Gasteiger partial charge in [0.2, 0.25) is 0 Å². The summed E-state index contributed by atoms with van der Waals surface area (Å²) in [7, 11) is 0. The zero-order chi connectivity index (χ0) is 11.4. The van der Waals surface area contributed by atoms with Crippen molar-refractivity contribution in [2.45, 2.75) is 32.7 Å². The van der Waals surface area contributed by atoms with E-state index in [0.29, 0.717) is 5.92 Å². The van der Waals surface area contributed by atoms with Crippen molar-refractivity contribution in [2.24, 2.45) is 11.7 Å². The molecule has 1 nitrogen and oxygen atoms in total. The highest BCUT2D eigenvalue weighted by Crippen LogP contribution is 2.23. The van der Waals surface area contributed by atoms with Gasteiger partial charge in [-0.25, -0.2) is 4.39 Å². The molecular weight excluding hydrogens is 213 g/mol. The Morgan fingerprint density at radius 2 is 2.00 bits per heavy atom. The molecule has 1 aromatic rings. The molecule has 1 rings (SSSR count). The van der Waals surface area contributed by atoms with Gasteiger partial charge in [-0.05, 0) is 36.5 Å². The fourth-order valence-electron chi connectivity index (χ4n) is 1.42. The smallest absolute Gasteiger partial charge is 0.141 e. The molecule has 0 bridgehead atoms. The van der Waals surface area contributed by atoms with Crippen LogP contribution in [0, 0.1) is 11.7 Å². The lowest BCUT2D eigenvalue weighted by Crippen LogP contribution is -2.11. The second kappa shape index (κ2) is 5.47. The molecule has 0 aliphatic rings. The van der Waals surface area contributed by atoms with Gasteiger partial charge in [-0.15, -0.1) is 0 Å². The Hall–Kier alpha value is -0.600. The van der Waals surface area contributed by atoms with E-state index < -0.39 is 5.82 Å². The van der Waals surface area contributed by atoms with Crippen LogP contribution in [0.15, 0.2) is 18.2 Å². The normalized spacial score (nSPS) is 13.2. The molecule has 1 aromatic carbocycles. The van der Waals surface area contributed by atoms with Crippen molar-refractivity contribution in [3.8, 4) is 0 Å². The third kappa shape index (κ3) is 3.80. The number of hydrogen-bond acceptors (Lipinski definition) is 1. The molecule has 15 heavy (non-hydrogen) atoms. The van der Waals surface area contributed by atoms with Crippen LogP contribution in [0.2, 0.25) is 5.02 Å². The molecule has 84 valence electrons. The van der Waals surface area contributed by atoms with Crippen molar-refractivity contribution < 1.29 is 4.39 Å². The lowest BCUT2D eigenvalue weighted by atomic mass is 9.98. The van der Waals surface area contributed by atoms with Crippen LogP contribution in [0.1, 0.15) is 38.3 Å². The van der Waals surface area contributed by atoms with Gasteiger partial charge in [-0.2, -0.15) is 0 Å². The second-order valence-corrected chi connectivity index (χ2v) is 4.66. The number of halogens is 2. The number of benzene rings is 1. The quantitative estimate of drug-likeness (QED) is 0.832. The zero-order valence-corrected chi connectivity index (χ0v) is 9.89. The Bertz CT molecular complexity index is 325. The Morgan fingerprint density at radius 3 is 2.53 bits per heavy atom. The van der Waals surface area contributed by atoms with Crippen LogP contribution in [0.5, 0.6) is 0 Å². The number of hydrogen-bond donors (Lipinski definition) is 1. The molecular formula is C12H17ClFN.